The summed E-state index contributed by atoms with van der Waals surface area (Å²) < 4.78 is 24.9. The van der Waals surface area contributed by atoms with Gasteiger partial charge in [-0.2, -0.15) is 0 Å². The number of sulfone groups is 1. The van der Waals surface area contributed by atoms with Crippen molar-refractivity contribution < 1.29 is 13.2 Å². The van der Waals surface area contributed by atoms with E-state index in [2.05, 4.69) is 10.2 Å². The number of aromatic amines is 1. The van der Waals surface area contributed by atoms with Gasteiger partial charge in [0.1, 0.15) is 0 Å². The van der Waals surface area contributed by atoms with Gasteiger partial charge in [-0.1, -0.05) is 18.7 Å². The number of amides is 1. The Bertz CT molecular complexity index is 740. The SMILES string of the molecule is CCCn1c(S[C@H](C)C(=O)N(CC)[C@@H]2CCS(=O)(=O)C2)n[nH]c1=O. The molecule has 2 heterocycles. The van der Waals surface area contributed by atoms with Crippen LogP contribution in [0.5, 0.6) is 0 Å². The molecule has 2 rings (SSSR count). The smallest absolute Gasteiger partial charge is 0.338 e. The van der Waals surface area contributed by atoms with Crippen molar-refractivity contribution in [1.82, 2.24) is 19.7 Å². The fourth-order valence-corrected chi connectivity index (χ4v) is 5.55. The number of rotatable bonds is 7. The fourth-order valence-electron chi connectivity index (χ4n) is 2.87. The first-order valence-electron chi connectivity index (χ1n) is 8.11. The zero-order valence-electron chi connectivity index (χ0n) is 14.2. The molecule has 10 heteroatoms. The molecule has 0 aromatic carbocycles. The maximum atomic E-state index is 12.7. The number of H-pyrrole nitrogens is 1. The van der Waals surface area contributed by atoms with Crippen LogP contribution < -0.4 is 5.69 Å². The predicted molar refractivity (Wildman–Crippen MR) is 92.9 cm³/mol. The normalized spacial score (nSPS) is 20.9. The number of carbonyl (C=O) groups is 1. The van der Waals surface area contributed by atoms with Crippen LogP contribution in [0.4, 0.5) is 0 Å². The van der Waals surface area contributed by atoms with E-state index in [4.69, 9.17) is 0 Å². The maximum absolute atomic E-state index is 12.7. The minimum Gasteiger partial charge on any atom is -0.338 e. The topological polar surface area (TPSA) is 105 Å². The van der Waals surface area contributed by atoms with Crippen LogP contribution in [0.25, 0.3) is 0 Å². The van der Waals surface area contributed by atoms with Crippen LogP contribution >= 0.6 is 11.8 Å². The van der Waals surface area contributed by atoms with Gasteiger partial charge < -0.3 is 4.90 Å². The highest BCUT2D eigenvalue weighted by Gasteiger charge is 2.35. The number of carbonyl (C=O) groups excluding carboxylic acids is 1. The van der Waals surface area contributed by atoms with Crippen molar-refractivity contribution >= 4 is 27.5 Å². The van der Waals surface area contributed by atoms with Crippen LogP contribution in [-0.4, -0.2) is 63.3 Å². The third kappa shape index (κ3) is 4.21. The first kappa shape index (κ1) is 19.0. The Morgan fingerprint density at radius 2 is 2.21 bits per heavy atom. The second kappa shape index (κ2) is 7.73. The summed E-state index contributed by atoms with van der Waals surface area (Å²) in [5.74, 6) is 0.0498. The number of nitrogens with zero attached hydrogens (tertiary/aromatic N) is 3. The summed E-state index contributed by atoms with van der Waals surface area (Å²) in [6, 6.07) is -0.257. The molecule has 1 fully saturated rings. The van der Waals surface area contributed by atoms with E-state index in [1.807, 2.05) is 13.8 Å². The van der Waals surface area contributed by atoms with Gasteiger partial charge in [0.2, 0.25) is 5.91 Å². The van der Waals surface area contributed by atoms with E-state index in [1.165, 1.54) is 16.3 Å². The molecule has 0 aliphatic carbocycles. The molecule has 1 amide bonds. The molecule has 1 aliphatic heterocycles. The van der Waals surface area contributed by atoms with Crippen molar-refractivity contribution in [3.8, 4) is 0 Å². The standard InChI is InChI=1S/C14H24N4O4S2/c1-4-7-18-13(20)15-16-14(18)23-10(3)12(19)17(5-2)11-6-8-24(21,22)9-11/h10-11H,4-9H2,1-3H3,(H,15,20)/t10-,11-/m1/s1. The van der Waals surface area contributed by atoms with Crippen LogP contribution in [-0.2, 0) is 21.2 Å². The molecule has 1 aromatic rings. The van der Waals surface area contributed by atoms with E-state index in [0.717, 1.165) is 6.42 Å². The van der Waals surface area contributed by atoms with Gasteiger partial charge in [-0.3, -0.25) is 9.36 Å². The van der Waals surface area contributed by atoms with E-state index in [-0.39, 0.29) is 29.1 Å². The highest BCUT2D eigenvalue weighted by atomic mass is 32.2. The van der Waals surface area contributed by atoms with Crippen LogP contribution in [0.1, 0.15) is 33.6 Å². The van der Waals surface area contributed by atoms with E-state index in [9.17, 15) is 18.0 Å². The molecule has 1 aliphatic rings. The molecule has 136 valence electrons. The van der Waals surface area contributed by atoms with E-state index in [1.54, 1.807) is 11.8 Å². The van der Waals surface area contributed by atoms with Gasteiger partial charge in [0.25, 0.3) is 0 Å². The van der Waals surface area contributed by atoms with Crippen LogP contribution in [0, 0.1) is 0 Å². The molecule has 1 N–H and O–H groups in total. The van der Waals surface area contributed by atoms with E-state index >= 15 is 0 Å². The average molecular weight is 377 g/mol. The first-order chi connectivity index (χ1) is 11.3. The summed E-state index contributed by atoms with van der Waals surface area (Å²) in [6.45, 7) is 6.57. The van der Waals surface area contributed by atoms with Crippen molar-refractivity contribution in [2.24, 2.45) is 0 Å². The van der Waals surface area contributed by atoms with Crippen molar-refractivity contribution in [2.75, 3.05) is 18.1 Å². The third-order valence-electron chi connectivity index (χ3n) is 4.07. The molecule has 0 radical (unpaired) electrons. The minimum atomic E-state index is -3.04. The summed E-state index contributed by atoms with van der Waals surface area (Å²) in [5.41, 5.74) is -0.284. The summed E-state index contributed by atoms with van der Waals surface area (Å²) in [6.07, 6.45) is 1.28. The molecule has 1 aromatic heterocycles. The van der Waals surface area contributed by atoms with Gasteiger partial charge in [-0.15, -0.1) is 5.10 Å². The molecular weight excluding hydrogens is 352 g/mol. The summed E-state index contributed by atoms with van der Waals surface area (Å²) in [4.78, 5) is 26.1. The summed E-state index contributed by atoms with van der Waals surface area (Å²) >= 11 is 1.22. The monoisotopic (exact) mass is 376 g/mol. The van der Waals surface area contributed by atoms with Gasteiger partial charge in [0, 0.05) is 19.1 Å². The first-order valence-corrected chi connectivity index (χ1v) is 10.8. The van der Waals surface area contributed by atoms with Gasteiger partial charge in [-0.25, -0.2) is 18.3 Å². The Kier molecular flexibility index (Phi) is 6.13. The number of nitrogens with one attached hydrogen (secondary N) is 1. The van der Waals surface area contributed by atoms with Crippen molar-refractivity contribution in [3.63, 3.8) is 0 Å². The molecular formula is C14H24N4O4S2. The fraction of sp³-hybridized carbons (Fsp3) is 0.786. The highest BCUT2D eigenvalue weighted by molar-refractivity contribution is 8.00. The lowest BCUT2D eigenvalue weighted by Gasteiger charge is -2.29. The molecule has 0 unspecified atom stereocenters. The summed E-state index contributed by atoms with van der Waals surface area (Å²) in [7, 11) is -3.04. The Balaban J connectivity index is 2.09. The van der Waals surface area contributed by atoms with Crippen LogP contribution in [0.3, 0.4) is 0 Å². The Labute approximate surface area is 145 Å². The van der Waals surface area contributed by atoms with E-state index < -0.39 is 15.1 Å². The molecule has 1 saturated heterocycles. The molecule has 2 atom stereocenters. The van der Waals surface area contributed by atoms with Crippen molar-refractivity contribution in [2.45, 2.75) is 56.6 Å². The zero-order chi connectivity index (χ0) is 17.9. The minimum absolute atomic E-state index is 0.0346. The van der Waals surface area contributed by atoms with Gasteiger partial charge in [0.15, 0.2) is 15.0 Å². The second-order valence-corrected chi connectivity index (χ2v) is 9.44. The van der Waals surface area contributed by atoms with Crippen molar-refractivity contribution in [1.29, 1.82) is 0 Å². The lowest BCUT2D eigenvalue weighted by molar-refractivity contribution is -0.131. The second-order valence-electron chi connectivity index (χ2n) is 5.90. The number of hydrogen-bond acceptors (Lipinski definition) is 6. The molecule has 24 heavy (non-hydrogen) atoms. The highest BCUT2D eigenvalue weighted by Crippen LogP contribution is 2.25. The third-order valence-corrected chi connectivity index (χ3v) is 6.90. The molecule has 8 nitrogen and oxygen atoms in total. The van der Waals surface area contributed by atoms with Gasteiger partial charge in [-0.05, 0) is 26.7 Å². The number of thioether (sulfide) groups is 1. The van der Waals surface area contributed by atoms with Gasteiger partial charge >= 0.3 is 5.69 Å². The maximum Gasteiger partial charge on any atom is 0.343 e. The molecule has 0 spiro atoms. The Morgan fingerprint density at radius 1 is 1.50 bits per heavy atom. The lowest BCUT2D eigenvalue weighted by atomic mass is 10.2. The average Bonchev–Trinajstić information content (AvgIpc) is 3.04. The quantitative estimate of drug-likeness (QED) is 0.695. The van der Waals surface area contributed by atoms with Crippen LogP contribution in [0.2, 0.25) is 0 Å². The van der Waals surface area contributed by atoms with Crippen LogP contribution in [0.15, 0.2) is 9.95 Å². The van der Waals surface area contributed by atoms with Gasteiger partial charge in [0.05, 0.1) is 16.8 Å². The predicted octanol–water partition coefficient (Wildman–Crippen LogP) is 0.498. The number of hydrogen-bond donors (Lipinski definition) is 1. The number of aromatic nitrogens is 3. The largest absolute Gasteiger partial charge is 0.343 e. The Hall–Kier alpha value is -1.29. The van der Waals surface area contributed by atoms with Crippen molar-refractivity contribution in [3.05, 3.63) is 10.5 Å². The summed E-state index contributed by atoms with van der Waals surface area (Å²) in [5, 5.41) is 6.43. The molecule has 0 saturated carbocycles. The van der Waals surface area contributed by atoms with E-state index in [0.29, 0.717) is 24.7 Å². The lowest BCUT2D eigenvalue weighted by Crippen LogP contribution is -2.44. The zero-order valence-corrected chi connectivity index (χ0v) is 15.8. The molecule has 0 bridgehead atoms. The Morgan fingerprint density at radius 3 is 2.75 bits per heavy atom.